The zero-order valence-corrected chi connectivity index (χ0v) is 13.7. The molecule has 0 aliphatic carbocycles. The highest BCUT2D eigenvalue weighted by Crippen LogP contribution is 2.32. The molecule has 0 unspecified atom stereocenters. The van der Waals surface area contributed by atoms with Gasteiger partial charge < -0.3 is 0 Å². The molecule has 0 saturated heterocycles. The van der Waals surface area contributed by atoms with Gasteiger partial charge in [-0.15, -0.1) is 0 Å². The number of hydrogen-bond acceptors (Lipinski definition) is 0. The second kappa shape index (κ2) is 5.20. The van der Waals surface area contributed by atoms with Crippen molar-refractivity contribution in [3.05, 3.63) is 64.6 Å². The van der Waals surface area contributed by atoms with E-state index in [1.165, 1.54) is 5.56 Å². The Bertz CT molecular complexity index is 945. The fraction of sp³-hybridized carbons (Fsp3) is 0.250. The second-order valence-electron chi connectivity index (χ2n) is 6.08. The van der Waals surface area contributed by atoms with Gasteiger partial charge in [-0.05, 0) is 61.9 Å². The van der Waals surface area contributed by atoms with Gasteiger partial charge in [0.25, 0.3) is 0 Å². The molecule has 1 nitrogen and oxygen atoms in total. The number of benzene rings is 2. The van der Waals surface area contributed by atoms with Crippen LogP contribution in [-0.2, 0) is 7.05 Å². The maximum Gasteiger partial charge on any atom is 0.220 e. The summed E-state index contributed by atoms with van der Waals surface area (Å²) in [6.07, 6.45) is 0.442. The number of aromatic nitrogens is 1. The summed E-state index contributed by atoms with van der Waals surface area (Å²) in [6.45, 7) is 7.61. The molecule has 0 amide bonds. The van der Waals surface area contributed by atoms with Gasteiger partial charge >= 0.3 is 0 Å². The highest BCUT2D eigenvalue weighted by molar-refractivity contribution is 5.94. The molecule has 3 rings (SSSR count). The van der Waals surface area contributed by atoms with Gasteiger partial charge in [-0.3, -0.25) is 0 Å². The minimum absolute atomic E-state index is 0.143. The number of rotatable bonds is 1. The summed E-state index contributed by atoms with van der Waals surface area (Å²) in [5, 5.41) is 2.13. The largest absolute Gasteiger partial charge is 0.220 e. The van der Waals surface area contributed by atoms with Gasteiger partial charge in [0.15, 0.2) is 6.17 Å². The molecule has 0 saturated carbocycles. The Morgan fingerprint density at radius 1 is 1.00 bits per heavy atom. The second-order valence-corrected chi connectivity index (χ2v) is 6.08. The Kier molecular flexibility index (Phi) is 3.18. The Morgan fingerprint density at radius 3 is 2.45 bits per heavy atom. The van der Waals surface area contributed by atoms with Gasteiger partial charge in [0.05, 0.1) is 10.9 Å². The van der Waals surface area contributed by atoms with Gasteiger partial charge in [-0.25, -0.2) is 8.96 Å². The van der Waals surface area contributed by atoms with E-state index < -0.39 is 0 Å². The normalized spacial score (nSPS) is 11.8. The van der Waals surface area contributed by atoms with E-state index in [1.807, 2.05) is 44.5 Å². The molecular formula is C20H21FN+. The molecule has 0 spiro atoms. The zero-order chi connectivity index (χ0) is 16.9. The van der Waals surface area contributed by atoms with E-state index in [0.717, 1.165) is 27.6 Å². The monoisotopic (exact) mass is 295 g/mol. The van der Waals surface area contributed by atoms with Crippen LogP contribution < -0.4 is 4.57 Å². The summed E-state index contributed by atoms with van der Waals surface area (Å²) in [5.41, 5.74) is 5.37. The molecule has 112 valence electrons. The number of hydrogen-bond donors (Lipinski definition) is 0. The van der Waals surface area contributed by atoms with Crippen molar-refractivity contribution in [2.75, 3.05) is 0 Å². The van der Waals surface area contributed by atoms with Crippen LogP contribution in [0.25, 0.3) is 22.0 Å². The van der Waals surface area contributed by atoms with E-state index in [-0.39, 0.29) is 5.82 Å². The molecule has 0 fully saturated rings. The zero-order valence-electron chi connectivity index (χ0n) is 14.7. The molecule has 0 aliphatic heterocycles. The predicted molar refractivity (Wildman–Crippen MR) is 89.5 cm³/mol. The Hall–Kier alpha value is -2.22. The van der Waals surface area contributed by atoms with E-state index in [2.05, 4.69) is 18.2 Å². The van der Waals surface area contributed by atoms with E-state index in [9.17, 15) is 4.39 Å². The quantitative estimate of drug-likeness (QED) is 0.573. The Balaban J connectivity index is 2.48. The first-order valence-corrected chi connectivity index (χ1v) is 7.48. The molecule has 0 aliphatic rings. The Labute approximate surface area is 132 Å². The summed E-state index contributed by atoms with van der Waals surface area (Å²) in [7, 11) is 1.89. The van der Waals surface area contributed by atoms with Crippen molar-refractivity contribution >= 4 is 10.8 Å². The number of fused-ring (bicyclic) bond motifs is 1. The van der Waals surface area contributed by atoms with Crippen molar-refractivity contribution in [1.82, 2.24) is 0 Å². The predicted octanol–water partition coefficient (Wildman–Crippen LogP) is 4.70. The first-order chi connectivity index (χ1) is 10.8. The number of halogens is 1. The summed E-state index contributed by atoms with van der Waals surface area (Å²) in [4.78, 5) is 0. The average molecular weight is 295 g/mol. The molecule has 2 heteroatoms. The van der Waals surface area contributed by atoms with Crippen LogP contribution >= 0.6 is 0 Å². The van der Waals surface area contributed by atoms with E-state index in [1.54, 1.807) is 6.92 Å². The van der Waals surface area contributed by atoms with Crippen LogP contribution in [0.1, 0.15) is 23.6 Å². The lowest BCUT2D eigenvalue weighted by Crippen LogP contribution is -2.31. The molecule has 1 heterocycles. The molecule has 2 aromatic carbocycles. The fourth-order valence-corrected chi connectivity index (χ4v) is 3.05. The van der Waals surface area contributed by atoms with Crippen LogP contribution in [-0.4, -0.2) is 0 Å². The van der Waals surface area contributed by atoms with Gasteiger partial charge in [0.1, 0.15) is 14.2 Å². The van der Waals surface area contributed by atoms with Crippen LogP contribution in [0, 0.1) is 33.5 Å². The smallest absolute Gasteiger partial charge is 0.206 e. The van der Waals surface area contributed by atoms with Crippen molar-refractivity contribution in [2.24, 2.45) is 7.05 Å². The molecule has 22 heavy (non-hydrogen) atoms. The van der Waals surface area contributed by atoms with Gasteiger partial charge in [-0.2, -0.15) is 0 Å². The summed E-state index contributed by atoms with van der Waals surface area (Å²) < 4.78 is 24.3. The lowest BCUT2D eigenvalue weighted by molar-refractivity contribution is -0.659. The van der Waals surface area contributed by atoms with Crippen LogP contribution in [0.5, 0.6) is 0 Å². The highest BCUT2D eigenvalue weighted by atomic mass is 19.1. The number of nitrogens with zero attached hydrogens (tertiary/aromatic N) is 1. The van der Waals surface area contributed by atoms with Crippen LogP contribution in [0.3, 0.4) is 0 Å². The third-order valence-electron chi connectivity index (χ3n) is 4.47. The summed E-state index contributed by atoms with van der Waals surface area (Å²) in [5.74, 6) is -0.143. The van der Waals surface area contributed by atoms with Crippen LogP contribution in [0.4, 0.5) is 4.39 Å². The minimum Gasteiger partial charge on any atom is -0.206 e. The highest BCUT2D eigenvalue weighted by Gasteiger charge is 2.20. The maximum absolute atomic E-state index is 14.2. The molecule has 0 atom stereocenters. The van der Waals surface area contributed by atoms with Crippen molar-refractivity contribution in [3.8, 4) is 11.3 Å². The fourth-order valence-electron chi connectivity index (χ4n) is 3.05. The lowest BCUT2D eigenvalue weighted by Gasteiger charge is -2.12. The number of pyridine rings is 1. The van der Waals surface area contributed by atoms with Crippen LogP contribution in [0.2, 0.25) is 0 Å². The Morgan fingerprint density at radius 2 is 1.73 bits per heavy atom. The third kappa shape index (κ3) is 2.19. The molecule has 1 aromatic heterocycles. The lowest BCUT2D eigenvalue weighted by atomic mass is 9.94. The van der Waals surface area contributed by atoms with Crippen molar-refractivity contribution in [1.29, 1.82) is 0 Å². The third-order valence-corrected chi connectivity index (χ3v) is 4.47. The SMILES string of the molecule is [2H]c1cc2cc(C)ccc2c(-c2cc(C)c(F)c(C)c2C)[n+]1C. The topological polar surface area (TPSA) is 3.88 Å². The summed E-state index contributed by atoms with van der Waals surface area (Å²) >= 11 is 0. The van der Waals surface area contributed by atoms with Gasteiger partial charge in [0.2, 0.25) is 5.69 Å². The van der Waals surface area contributed by atoms with E-state index in [4.69, 9.17) is 1.37 Å². The van der Waals surface area contributed by atoms with Gasteiger partial charge in [-0.1, -0.05) is 17.7 Å². The van der Waals surface area contributed by atoms with Crippen molar-refractivity contribution < 1.29 is 10.3 Å². The molecule has 0 N–H and O–H groups in total. The standard InChI is InChI=1S/C20H21FN/c1-12-6-7-17-16(10-12)8-9-22(5)20(17)18-11-13(2)19(21)15(4)14(18)3/h6-11H,1-5H3/q+1/i9D. The minimum atomic E-state index is -0.143. The average Bonchev–Trinajstić information content (AvgIpc) is 2.51. The van der Waals surface area contributed by atoms with E-state index in [0.29, 0.717) is 17.3 Å². The van der Waals surface area contributed by atoms with E-state index >= 15 is 0 Å². The first-order valence-electron chi connectivity index (χ1n) is 7.98. The molecular weight excluding hydrogens is 273 g/mol. The van der Waals surface area contributed by atoms with Crippen LogP contribution in [0.15, 0.2) is 36.5 Å². The van der Waals surface area contributed by atoms with Crippen molar-refractivity contribution in [2.45, 2.75) is 27.7 Å². The first kappa shape index (κ1) is 13.4. The maximum atomic E-state index is 14.2. The summed E-state index contributed by atoms with van der Waals surface area (Å²) in [6, 6.07) is 10.0. The van der Waals surface area contributed by atoms with Gasteiger partial charge in [0, 0.05) is 6.07 Å². The molecule has 3 aromatic rings. The molecule has 0 bridgehead atoms. The molecule has 0 radical (unpaired) electrons. The van der Waals surface area contributed by atoms with Crippen molar-refractivity contribution in [3.63, 3.8) is 0 Å². The number of aryl methyl sites for hydroxylation is 2.